The van der Waals surface area contributed by atoms with E-state index in [0.717, 1.165) is 28.0 Å². The van der Waals surface area contributed by atoms with Gasteiger partial charge in [0.2, 0.25) is 0 Å². The van der Waals surface area contributed by atoms with E-state index in [9.17, 15) is 0 Å². The summed E-state index contributed by atoms with van der Waals surface area (Å²) in [5, 5.41) is 14.8. The minimum absolute atomic E-state index is 0.564. The standard InChI is InChI=1S/C16H17N7O2/c1-10-13(8-23(22-10)4-6-24-2)19-16-14-12(7-17-21-14)18-15(20-16)11-3-5-25-9-11/h3,5,7-9H,4,6H2,1-2H3,(H,17,21)(H,18,19,20). The number of aryl methyl sites for hydroxylation is 1. The van der Waals surface area contributed by atoms with Gasteiger partial charge < -0.3 is 14.5 Å². The molecule has 4 aromatic rings. The molecule has 0 aliphatic carbocycles. The lowest BCUT2D eigenvalue weighted by atomic mass is 10.3. The van der Waals surface area contributed by atoms with Crippen molar-refractivity contribution in [2.45, 2.75) is 13.5 Å². The van der Waals surface area contributed by atoms with Crippen molar-refractivity contribution in [3.8, 4) is 11.4 Å². The number of hydrogen-bond donors (Lipinski definition) is 2. The van der Waals surface area contributed by atoms with E-state index in [4.69, 9.17) is 9.15 Å². The van der Waals surface area contributed by atoms with Crippen LogP contribution in [0.4, 0.5) is 11.5 Å². The summed E-state index contributed by atoms with van der Waals surface area (Å²) in [6.45, 7) is 3.22. The van der Waals surface area contributed by atoms with Crippen LogP contribution in [0.1, 0.15) is 5.69 Å². The second-order valence-electron chi connectivity index (χ2n) is 5.55. The van der Waals surface area contributed by atoms with Crippen LogP contribution in [-0.2, 0) is 11.3 Å². The first-order valence-electron chi connectivity index (χ1n) is 7.78. The highest BCUT2D eigenvalue weighted by Gasteiger charge is 2.14. The van der Waals surface area contributed by atoms with Crippen molar-refractivity contribution in [3.63, 3.8) is 0 Å². The smallest absolute Gasteiger partial charge is 0.165 e. The van der Waals surface area contributed by atoms with Gasteiger partial charge in [0, 0.05) is 13.3 Å². The monoisotopic (exact) mass is 339 g/mol. The number of nitrogens with zero attached hydrogens (tertiary/aromatic N) is 5. The molecule has 4 aromatic heterocycles. The summed E-state index contributed by atoms with van der Waals surface area (Å²) in [6, 6.07) is 1.82. The van der Waals surface area contributed by atoms with Gasteiger partial charge >= 0.3 is 0 Å². The number of methoxy groups -OCH3 is 1. The molecule has 0 fully saturated rings. The third-order valence-electron chi connectivity index (χ3n) is 3.80. The quantitative estimate of drug-likeness (QED) is 0.556. The lowest BCUT2D eigenvalue weighted by molar-refractivity contribution is 0.183. The van der Waals surface area contributed by atoms with Crippen molar-refractivity contribution >= 4 is 22.5 Å². The van der Waals surface area contributed by atoms with Crippen LogP contribution in [-0.4, -0.2) is 43.7 Å². The second-order valence-corrected chi connectivity index (χ2v) is 5.55. The summed E-state index contributed by atoms with van der Waals surface area (Å²) in [4.78, 5) is 9.11. The van der Waals surface area contributed by atoms with Crippen molar-refractivity contribution < 1.29 is 9.15 Å². The molecule has 0 aliphatic heterocycles. The number of fused-ring (bicyclic) bond motifs is 1. The zero-order chi connectivity index (χ0) is 17.2. The van der Waals surface area contributed by atoms with Gasteiger partial charge in [-0.25, -0.2) is 9.97 Å². The summed E-state index contributed by atoms with van der Waals surface area (Å²) in [5.41, 5.74) is 3.99. The summed E-state index contributed by atoms with van der Waals surface area (Å²) in [5.74, 6) is 1.20. The van der Waals surface area contributed by atoms with E-state index in [2.05, 4.69) is 30.6 Å². The van der Waals surface area contributed by atoms with E-state index in [1.807, 2.05) is 23.9 Å². The van der Waals surface area contributed by atoms with Crippen LogP contribution in [0.5, 0.6) is 0 Å². The molecule has 0 amide bonds. The van der Waals surface area contributed by atoms with Gasteiger partial charge in [0.25, 0.3) is 0 Å². The Balaban J connectivity index is 1.71. The molecule has 0 spiro atoms. The zero-order valence-corrected chi connectivity index (χ0v) is 13.9. The number of nitrogens with one attached hydrogen (secondary N) is 2. The molecule has 0 atom stereocenters. The summed E-state index contributed by atoms with van der Waals surface area (Å²) in [6.07, 6.45) is 6.80. The summed E-state index contributed by atoms with van der Waals surface area (Å²) in [7, 11) is 1.67. The number of aromatic amines is 1. The molecule has 0 bridgehead atoms. The van der Waals surface area contributed by atoms with Gasteiger partial charge in [-0.2, -0.15) is 10.2 Å². The number of rotatable bonds is 6. The van der Waals surface area contributed by atoms with Gasteiger partial charge in [0.15, 0.2) is 11.6 Å². The molecular weight excluding hydrogens is 322 g/mol. The average molecular weight is 339 g/mol. The van der Waals surface area contributed by atoms with Crippen molar-refractivity contribution in [2.75, 3.05) is 19.0 Å². The maximum Gasteiger partial charge on any atom is 0.165 e. The fraction of sp³-hybridized carbons (Fsp3) is 0.250. The fourth-order valence-electron chi connectivity index (χ4n) is 2.52. The van der Waals surface area contributed by atoms with Crippen LogP contribution >= 0.6 is 0 Å². The van der Waals surface area contributed by atoms with E-state index in [1.165, 1.54) is 0 Å². The maximum absolute atomic E-state index is 5.13. The number of furan rings is 1. The Bertz CT molecular complexity index is 987. The van der Waals surface area contributed by atoms with Crippen LogP contribution in [0.15, 0.2) is 35.4 Å². The molecule has 128 valence electrons. The van der Waals surface area contributed by atoms with Crippen LogP contribution in [0.25, 0.3) is 22.4 Å². The van der Waals surface area contributed by atoms with Crippen LogP contribution in [0.3, 0.4) is 0 Å². The number of hydrogen-bond acceptors (Lipinski definition) is 7. The molecule has 4 rings (SSSR count). The van der Waals surface area contributed by atoms with E-state index in [1.54, 1.807) is 25.8 Å². The molecule has 0 radical (unpaired) electrons. The lowest BCUT2D eigenvalue weighted by Gasteiger charge is -2.06. The summed E-state index contributed by atoms with van der Waals surface area (Å²) >= 11 is 0. The van der Waals surface area contributed by atoms with Gasteiger partial charge in [0.1, 0.15) is 17.3 Å². The Hall–Kier alpha value is -3.20. The third-order valence-corrected chi connectivity index (χ3v) is 3.80. The highest BCUT2D eigenvalue weighted by Crippen LogP contribution is 2.27. The number of ether oxygens (including phenoxy) is 1. The largest absolute Gasteiger partial charge is 0.472 e. The summed E-state index contributed by atoms with van der Waals surface area (Å²) < 4.78 is 12.1. The molecule has 0 aliphatic rings. The van der Waals surface area contributed by atoms with E-state index < -0.39 is 0 Å². The van der Waals surface area contributed by atoms with E-state index in [0.29, 0.717) is 24.8 Å². The van der Waals surface area contributed by atoms with Gasteiger partial charge in [-0.15, -0.1) is 0 Å². The topological polar surface area (TPSA) is 107 Å². The Kier molecular flexibility index (Phi) is 3.90. The van der Waals surface area contributed by atoms with E-state index >= 15 is 0 Å². The molecule has 9 nitrogen and oxygen atoms in total. The first kappa shape index (κ1) is 15.3. The van der Waals surface area contributed by atoms with Gasteiger partial charge in [-0.05, 0) is 13.0 Å². The molecule has 25 heavy (non-hydrogen) atoms. The molecular formula is C16H17N7O2. The third kappa shape index (κ3) is 2.96. The van der Waals surface area contributed by atoms with Gasteiger partial charge in [-0.3, -0.25) is 9.78 Å². The van der Waals surface area contributed by atoms with Crippen molar-refractivity contribution in [1.82, 2.24) is 29.9 Å². The molecule has 4 heterocycles. The van der Waals surface area contributed by atoms with Crippen molar-refractivity contribution in [2.24, 2.45) is 0 Å². The normalized spacial score (nSPS) is 11.3. The molecule has 2 N–H and O–H groups in total. The Morgan fingerprint density at radius 2 is 2.28 bits per heavy atom. The Morgan fingerprint density at radius 3 is 3.08 bits per heavy atom. The highest BCUT2D eigenvalue weighted by atomic mass is 16.5. The zero-order valence-electron chi connectivity index (χ0n) is 13.9. The fourth-order valence-corrected chi connectivity index (χ4v) is 2.52. The maximum atomic E-state index is 5.13. The highest BCUT2D eigenvalue weighted by molar-refractivity contribution is 5.88. The predicted octanol–water partition coefficient (Wildman–Crippen LogP) is 2.51. The minimum atomic E-state index is 0.564. The van der Waals surface area contributed by atoms with Crippen molar-refractivity contribution in [1.29, 1.82) is 0 Å². The SMILES string of the molecule is COCCn1cc(Nc2nc(-c3ccoc3)nc3cn[nH]c23)c(C)n1. The molecule has 0 unspecified atom stereocenters. The molecule has 9 heteroatoms. The number of aromatic nitrogens is 6. The molecule has 0 aromatic carbocycles. The Morgan fingerprint density at radius 1 is 1.36 bits per heavy atom. The average Bonchev–Trinajstić information content (AvgIpc) is 3.34. The van der Waals surface area contributed by atoms with E-state index in [-0.39, 0.29) is 0 Å². The minimum Gasteiger partial charge on any atom is -0.472 e. The number of H-pyrrole nitrogens is 1. The van der Waals surface area contributed by atoms with Crippen LogP contribution in [0, 0.1) is 6.92 Å². The number of anilines is 2. The van der Waals surface area contributed by atoms with Gasteiger partial charge in [-0.1, -0.05) is 0 Å². The first-order chi connectivity index (χ1) is 12.2. The molecule has 0 saturated carbocycles. The second kappa shape index (κ2) is 6.36. The van der Waals surface area contributed by atoms with Crippen LogP contribution in [0.2, 0.25) is 0 Å². The first-order valence-corrected chi connectivity index (χ1v) is 7.78. The van der Waals surface area contributed by atoms with Crippen molar-refractivity contribution in [3.05, 3.63) is 36.7 Å². The Labute approximate surface area is 143 Å². The van der Waals surface area contributed by atoms with Crippen LogP contribution < -0.4 is 5.32 Å². The lowest BCUT2D eigenvalue weighted by Crippen LogP contribution is -2.04. The van der Waals surface area contributed by atoms with Gasteiger partial charge in [0.05, 0.1) is 42.6 Å². The molecule has 0 saturated heterocycles. The predicted molar refractivity (Wildman–Crippen MR) is 91.5 cm³/mol.